The fourth-order valence-electron chi connectivity index (χ4n) is 1.07. The molecule has 0 atom stereocenters. The van der Waals surface area contributed by atoms with Gasteiger partial charge in [0.2, 0.25) is 0 Å². The molecule has 8 heteroatoms. The fourth-order valence-corrected chi connectivity index (χ4v) is 1.92. The van der Waals surface area contributed by atoms with Crippen molar-refractivity contribution in [3.05, 3.63) is 44.1 Å². The largest absolute Gasteiger partial charge is 0.339 e. The first-order valence-corrected chi connectivity index (χ1v) is 5.72. The highest BCUT2D eigenvalue weighted by molar-refractivity contribution is 7.99. The number of nitrogens with one attached hydrogen (secondary N) is 1. The van der Waals surface area contributed by atoms with Gasteiger partial charge in [0.25, 0.3) is 0 Å². The lowest BCUT2D eigenvalue weighted by Crippen LogP contribution is -2.33. The van der Waals surface area contributed by atoms with Gasteiger partial charge in [0.1, 0.15) is 5.03 Å². The molecule has 0 saturated heterocycles. The van der Waals surface area contributed by atoms with Gasteiger partial charge < -0.3 is 0 Å². The maximum atomic E-state index is 11.1. The summed E-state index contributed by atoms with van der Waals surface area (Å²) in [6.07, 6.45) is 1.49. The van der Waals surface area contributed by atoms with Gasteiger partial charge >= 0.3 is 11.1 Å². The van der Waals surface area contributed by atoms with E-state index in [1.807, 2.05) is 0 Å². The molecule has 6 nitrogen and oxygen atoms in total. The van der Waals surface area contributed by atoms with Gasteiger partial charge in [-0.25, -0.2) is 4.98 Å². The van der Waals surface area contributed by atoms with Crippen molar-refractivity contribution < 1.29 is 0 Å². The molecule has 0 aliphatic carbocycles. The van der Waals surface area contributed by atoms with Crippen molar-refractivity contribution in [2.24, 2.45) is 7.05 Å². The zero-order chi connectivity index (χ0) is 12.4. The molecule has 0 bridgehead atoms. The molecular formula is C9H7ClN4O2S. The van der Waals surface area contributed by atoms with Crippen molar-refractivity contribution in [2.75, 3.05) is 0 Å². The summed E-state index contributed by atoms with van der Waals surface area (Å²) in [6, 6.07) is 3.38. The second-order valence-electron chi connectivity index (χ2n) is 3.12. The monoisotopic (exact) mass is 270 g/mol. The molecule has 0 aliphatic heterocycles. The van der Waals surface area contributed by atoms with E-state index in [0.29, 0.717) is 15.2 Å². The van der Waals surface area contributed by atoms with E-state index in [-0.39, 0.29) is 0 Å². The second-order valence-corrected chi connectivity index (χ2v) is 4.54. The Bertz CT molecular complexity index is 649. The van der Waals surface area contributed by atoms with Gasteiger partial charge in [-0.2, -0.15) is 4.98 Å². The van der Waals surface area contributed by atoms with E-state index in [2.05, 4.69) is 15.1 Å². The molecule has 2 heterocycles. The first-order chi connectivity index (χ1) is 8.06. The number of rotatable bonds is 2. The van der Waals surface area contributed by atoms with Crippen LogP contribution in [0.5, 0.6) is 0 Å². The standard InChI is InChI=1S/C9H7ClN4O2S/c1-14-9(12-7(15)8(16)13-14)17-6-3-2-5(10)4-11-6/h2-4H,1H3,(H,13,16). The third-order valence-corrected chi connectivity index (χ3v) is 3.07. The molecule has 17 heavy (non-hydrogen) atoms. The van der Waals surface area contributed by atoms with Crippen LogP contribution in [0, 0.1) is 0 Å². The summed E-state index contributed by atoms with van der Waals surface area (Å²) in [6.45, 7) is 0. The molecule has 88 valence electrons. The zero-order valence-corrected chi connectivity index (χ0v) is 10.2. The SMILES string of the molecule is Cn1[nH]c(=O)c(=O)nc1Sc1ccc(Cl)cn1. The molecule has 0 saturated carbocycles. The van der Waals surface area contributed by atoms with E-state index in [0.717, 1.165) is 11.8 Å². The number of aromatic amines is 1. The average molecular weight is 271 g/mol. The number of nitrogens with zero attached hydrogens (tertiary/aromatic N) is 3. The second kappa shape index (κ2) is 4.72. The minimum Gasteiger partial charge on any atom is -0.265 e. The van der Waals surface area contributed by atoms with Crippen molar-refractivity contribution in [1.29, 1.82) is 0 Å². The molecule has 2 aromatic heterocycles. The van der Waals surface area contributed by atoms with Crippen LogP contribution in [-0.2, 0) is 7.05 Å². The number of H-pyrrole nitrogens is 1. The molecule has 0 amide bonds. The van der Waals surface area contributed by atoms with Crippen LogP contribution in [0.2, 0.25) is 5.02 Å². The van der Waals surface area contributed by atoms with Crippen LogP contribution in [0.15, 0.2) is 38.1 Å². The highest BCUT2D eigenvalue weighted by Crippen LogP contribution is 2.22. The first kappa shape index (κ1) is 11.9. The summed E-state index contributed by atoms with van der Waals surface area (Å²) in [5, 5.41) is 3.86. The lowest BCUT2D eigenvalue weighted by atomic mass is 10.5. The Morgan fingerprint density at radius 2 is 2.18 bits per heavy atom. The van der Waals surface area contributed by atoms with Crippen LogP contribution < -0.4 is 11.1 Å². The van der Waals surface area contributed by atoms with Crippen molar-refractivity contribution in [2.45, 2.75) is 10.2 Å². The average Bonchev–Trinajstić information content (AvgIpc) is 2.29. The predicted octanol–water partition coefficient (Wildman–Crippen LogP) is 0.668. The predicted molar refractivity (Wildman–Crippen MR) is 63.5 cm³/mol. The van der Waals surface area contributed by atoms with Crippen LogP contribution in [0.3, 0.4) is 0 Å². The van der Waals surface area contributed by atoms with Gasteiger partial charge in [-0.05, 0) is 23.9 Å². The summed E-state index contributed by atoms with van der Waals surface area (Å²) in [4.78, 5) is 29.8. The maximum absolute atomic E-state index is 11.1. The summed E-state index contributed by atoms with van der Waals surface area (Å²) in [7, 11) is 1.59. The summed E-state index contributed by atoms with van der Waals surface area (Å²) in [5.74, 6) is 0. The molecule has 0 spiro atoms. The molecule has 0 unspecified atom stereocenters. The van der Waals surface area contributed by atoms with Gasteiger partial charge in [0.15, 0.2) is 5.16 Å². The van der Waals surface area contributed by atoms with Gasteiger partial charge in [-0.1, -0.05) is 11.6 Å². The molecule has 1 N–H and O–H groups in total. The van der Waals surface area contributed by atoms with Crippen molar-refractivity contribution in [1.82, 2.24) is 19.7 Å². The Morgan fingerprint density at radius 1 is 1.41 bits per heavy atom. The minimum atomic E-state index is -0.820. The number of hydrogen-bond donors (Lipinski definition) is 1. The van der Waals surface area contributed by atoms with Crippen molar-refractivity contribution >= 4 is 23.4 Å². The van der Waals surface area contributed by atoms with Gasteiger partial charge in [-0.3, -0.25) is 19.4 Å². The molecular weight excluding hydrogens is 264 g/mol. The Kier molecular flexibility index (Phi) is 3.30. The maximum Gasteiger partial charge on any atom is 0.339 e. The van der Waals surface area contributed by atoms with Crippen LogP contribution in [0.25, 0.3) is 0 Å². The number of pyridine rings is 1. The highest BCUT2D eigenvalue weighted by Gasteiger charge is 2.06. The van der Waals surface area contributed by atoms with Crippen LogP contribution >= 0.6 is 23.4 Å². The number of aryl methyl sites for hydroxylation is 1. The van der Waals surface area contributed by atoms with Crippen molar-refractivity contribution in [3.63, 3.8) is 0 Å². The van der Waals surface area contributed by atoms with Crippen LogP contribution in [0.1, 0.15) is 0 Å². The van der Waals surface area contributed by atoms with E-state index in [1.165, 1.54) is 10.9 Å². The third kappa shape index (κ3) is 2.75. The Hall–Kier alpha value is -1.60. The fraction of sp³-hybridized carbons (Fsp3) is 0.111. The van der Waals surface area contributed by atoms with E-state index < -0.39 is 11.1 Å². The quantitative estimate of drug-likeness (QED) is 0.811. The lowest BCUT2D eigenvalue weighted by Gasteiger charge is -2.04. The van der Waals surface area contributed by atoms with Crippen LogP contribution in [-0.4, -0.2) is 19.7 Å². The Labute approximate surface area is 105 Å². The van der Waals surface area contributed by atoms with Crippen LogP contribution in [0.4, 0.5) is 0 Å². The van der Waals surface area contributed by atoms with E-state index in [9.17, 15) is 9.59 Å². The van der Waals surface area contributed by atoms with Crippen molar-refractivity contribution in [3.8, 4) is 0 Å². The van der Waals surface area contributed by atoms with Gasteiger partial charge in [0.05, 0.1) is 5.02 Å². The smallest absolute Gasteiger partial charge is 0.265 e. The minimum absolute atomic E-state index is 0.351. The number of hydrogen-bond acceptors (Lipinski definition) is 5. The van der Waals surface area contributed by atoms with E-state index in [4.69, 9.17) is 11.6 Å². The molecule has 0 aliphatic rings. The highest BCUT2D eigenvalue weighted by atomic mass is 35.5. The molecule has 0 fully saturated rings. The molecule has 0 radical (unpaired) electrons. The first-order valence-electron chi connectivity index (χ1n) is 4.53. The normalized spacial score (nSPS) is 10.5. The number of aromatic nitrogens is 4. The number of halogens is 1. The lowest BCUT2D eigenvalue weighted by molar-refractivity contribution is 0.596. The summed E-state index contributed by atoms with van der Waals surface area (Å²) >= 11 is 6.86. The van der Waals surface area contributed by atoms with E-state index in [1.54, 1.807) is 19.2 Å². The van der Waals surface area contributed by atoms with Gasteiger partial charge in [0, 0.05) is 13.2 Å². The molecule has 0 aromatic carbocycles. The summed E-state index contributed by atoms with van der Waals surface area (Å²) < 4.78 is 1.37. The zero-order valence-electron chi connectivity index (χ0n) is 8.68. The summed E-state index contributed by atoms with van der Waals surface area (Å²) in [5.41, 5.74) is -1.57. The van der Waals surface area contributed by atoms with Gasteiger partial charge in [-0.15, -0.1) is 0 Å². The Balaban J connectivity index is 2.36. The van der Waals surface area contributed by atoms with E-state index >= 15 is 0 Å². The Morgan fingerprint density at radius 3 is 2.82 bits per heavy atom. The third-order valence-electron chi connectivity index (χ3n) is 1.84. The molecule has 2 rings (SSSR count). The molecule has 2 aromatic rings. The topological polar surface area (TPSA) is 80.6 Å².